The van der Waals surface area contributed by atoms with Crippen molar-refractivity contribution in [2.45, 2.75) is 44.5 Å². The summed E-state index contributed by atoms with van der Waals surface area (Å²) in [6.07, 6.45) is 6.31. The lowest BCUT2D eigenvalue weighted by Crippen LogP contribution is -2.33. The smallest absolute Gasteiger partial charge is 0.269 e. The molecule has 1 atom stereocenters. The first kappa shape index (κ1) is 25.1. The van der Waals surface area contributed by atoms with Gasteiger partial charge in [-0.05, 0) is 76.3 Å². The Kier molecular flexibility index (Phi) is 7.24. The Morgan fingerprint density at radius 3 is 2.36 bits per heavy atom. The van der Waals surface area contributed by atoms with Crippen molar-refractivity contribution in [2.24, 2.45) is 0 Å². The van der Waals surface area contributed by atoms with Crippen LogP contribution in [0.5, 0.6) is 0 Å². The molecule has 0 radical (unpaired) electrons. The van der Waals surface area contributed by atoms with Gasteiger partial charge in [-0.1, -0.05) is 35.5 Å². The molecule has 0 amide bonds. The molecular weight excluding hydrogens is 508 g/mol. The fraction of sp³-hybridized carbons (Fsp3) is 0.321. The topological polar surface area (TPSA) is 31.7 Å². The van der Waals surface area contributed by atoms with Crippen molar-refractivity contribution in [3.63, 3.8) is 0 Å². The Morgan fingerprint density at radius 2 is 1.64 bits per heavy atom. The van der Waals surface area contributed by atoms with Gasteiger partial charge in [-0.3, -0.25) is 9.36 Å². The van der Waals surface area contributed by atoms with Gasteiger partial charge in [-0.15, -0.1) is 11.3 Å². The average Bonchev–Trinajstić information content (AvgIpc) is 3.49. The molecule has 0 fully saturated rings. The molecule has 3 aromatic rings. The number of aromatic nitrogens is 1. The van der Waals surface area contributed by atoms with Gasteiger partial charge in [0, 0.05) is 36.1 Å². The van der Waals surface area contributed by atoms with Crippen molar-refractivity contribution >= 4 is 63.9 Å². The molecule has 36 heavy (non-hydrogen) atoms. The van der Waals surface area contributed by atoms with E-state index in [0.29, 0.717) is 6.54 Å². The Morgan fingerprint density at radius 1 is 0.889 bits per heavy atom. The SMILES string of the molecule is CCN1C(=CC=c2sc(=CC3Sc4ccccc4N3CC)n(CC)c2=O)N(CC)c2cc(Cl)ccc21. The third kappa shape index (κ3) is 4.27. The lowest BCUT2D eigenvalue weighted by atomic mass is 10.2. The highest BCUT2D eigenvalue weighted by molar-refractivity contribution is 8.00. The van der Waals surface area contributed by atoms with Gasteiger partial charge in [0.25, 0.3) is 5.56 Å². The van der Waals surface area contributed by atoms with E-state index < -0.39 is 0 Å². The maximum atomic E-state index is 13.4. The van der Waals surface area contributed by atoms with Gasteiger partial charge in [-0.25, -0.2) is 0 Å². The van der Waals surface area contributed by atoms with Crippen LogP contribution in [0.15, 0.2) is 64.1 Å². The molecule has 0 saturated heterocycles. The van der Waals surface area contributed by atoms with Crippen LogP contribution in [0.25, 0.3) is 12.2 Å². The zero-order valence-electron chi connectivity index (χ0n) is 21.1. The van der Waals surface area contributed by atoms with Crippen LogP contribution >= 0.6 is 34.7 Å². The van der Waals surface area contributed by atoms with E-state index in [1.165, 1.54) is 10.6 Å². The predicted molar refractivity (Wildman–Crippen MR) is 157 cm³/mol. The van der Waals surface area contributed by atoms with E-state index in [1.807, 2.05) is 41.5 Å². The second-order valence-corrected chi connectivity index (χ2v) is 11.3. The molecule has 8 heteroatoms. The van der Waals surface area contributed by atoms with Crippen molar-refractivity contribution in [1.82, 2.24) is 4.57 Å². The Labute approximate surface area is 225 Å². The monoisotopic (exact) mass is 538 g/mol. The van der Waals surface area contributed by atoms with Crippen LogP contribution in [0.3, 0.4) is 0 Å². The minimum Gasteiger partial charge on any atom is -0.355 e. The Balaban J connectivity index is 1.56. The van der Waals surface area contributed by atoms with Crippen molar-refractivity contribution in [1.29, 1.82) is 0 Å². The van der Waals surface area contributed by atoms with Gasteiger partial charge in [-0.2, -0.15) is 0 Å². The van der Waals surface area contributed by atoms with E-state index in [-0.39, 0.29) is 10.9 Å². The van der Waals surface area contributed by atoms with Gasteiger partial charge in [0.05, 0.1) is 26.3 Å². The molecule has 5 nitrogen and oxygen atoms in total. The average molecular weight is 539 g/mol. The van der Waals surface area contributed by atoms with Crippen molar-refractivity contribution in [2.75, 3.05) is 34.3 Å². The first-order valence-corrected chi connectivity index (χ1v) is 14.6. The minimum absolute atomic E-state index is 0.0683. The number of nitrogens with zero attached hydrogens (tertiary/aromatic N) is 4. The van der Waals surface area contributed by atoms with Crippen molar-refractivity contribution in [3.8, 4) is 0 Å². The molecule has 3 heterocycles. The first-order valence-electron chi connectivity index (χ1n) is 12.5. The maximum Gasteiger partial charge on any atom is 0.269 e. The molecule has 2 aromatic carbocycles. The highest BCUT2D eigenvalue weighted by atomic mass is 35.5. The van der Waals surface area contributed by atoms with E-state index in [2.05, 4.69) is 78.0 Å². The zero-order chi connectivity index (χ0) is 25.4. The summed E-state index contributed by atoms with van der Waals surface area (Å²) in [6.45, 7) is 11.7. The second kappa shape index (κ2) is 10.4. The molecule has 188 valence electrons. The Bertz CT molecular complexity index is 1490. The number of benzene rings is 2. The third-order valence-corrected chi connectivity index (χ3v) is 9.26. The number of thioether (sulfide) groups is 1. The van der Waals surface area contributed by atoms with E-state index in [4.69, 9.17) is 11.6 Å². The van der Waals surface area contributed by atoms with E-state index in [0.717, 1.165) is 51.0 Å². The summed E-state index contributed by atoms with van der Waals surface area (Å²) in [5, 5.41) is 0.903. The van der Waals surface area contributed by atoms with Crippen molar-refractivity contribution < 1.29 is 0 Å². The molecule has 0 bridgehead atoms. The number of allylic oxidation sites excluding steroid dienone is 1. The molecule has 0 spiro atoms. The summed E-state index contributed by atoms with van der Waals surface area (Å²) >= 11 is 9.73. The molecule has 1 unspecified atom stereocenters. The largest absolute Gasteiger partial charge is 0.355 e. The molecule has 0 saturated carbocycles. The molecule has 0 N–H and O–H groups in total. The fourth-order valence-corrected chi connectivity index (χ4v) is 7.66. The van der Waals surface area contributed by atoms with Crippen LogP contribution in [0.4, 0.5) is 17.1 Å². The second-order valence-electron chi connectivity index (χ2n) is 8.60. The van der Waals surface area contributed by atoms with Gasteiger partial charge >= 0.3 is 0 Å². The number of fused-ring (bicyclic) bond motifs is 2. The highest BCUT2D eigenvalue weighted by Crippen LogP contribution is 2.44. The summed E-state index contributed by atoms with van der Waals surface area (Å²) in [4.78, 5) is 21.6. The zero-order valence-corrected chi connectivity index (χ0v) is 23.5. The maximum absolute atomic E-state index is 13.4. The van der Waals surface area contributed by atoms with Crippen LogP contribution in [0, 0.1) is 0 Å². The number of hydrogen-bond donors (Lipinski definition) is 0. The molecule has 2 aliphatic rings. The van der Waals surface area contributed by atoms with Crippen LogP contribution in [0.1, 0.15) is 27.7 Å². The predicted octanol–water partition coefficient (Wildman–Crippen LogP) is 5.31. The Hall–Kier alpha value is -2.61. The van der Waals surface area contributed by atoms with Gasteiger partial charge in [0.15, 0.2) is 0 Å². The van der Waals surface area contributed by atoms with Crippen LogP contribution in [-0.2, 0) is 6.54 Å². The molecule has 1 aromatic heterocycles. The van der Waals surface area contributed by atoms with Gasteiger partial charge in [0.2, 0.25) is 0 Å². The van der Waals surface area contributed by atoms with Gasteiger partial charge < -0.3 is 14.7 Å². The van der Waals surface area contributed by atoms with E-state index >= 15 is 0 Å². The van der Waals surface area contributed by atoms with Crippen LogP contribution < -0.4 is 29.5 Å². The van der Waals surface area contributed by atoms with E-state index in [9.17, 15) is 4.79 Å². The lowest BCUT2D eigenvalue weighted by Gasteiger charge is -2.23. The molecule has 0 aliphatic carbocycles. The van der Waals surface area contributed by atoms with Crippen LogP contribution in [-0.4, -0.2) is 29.6 Å². The number of hydrogen-bond acceptors (Lipinski definition) is 6. The summed E-state index contributed by atoms with van der Waals surface area (Å²) in [6, 6.07) is 14.6. The fourth-order valence-electron chi connectivity index (χ4n) is 5.02. The van der Waals surface area contributed by atoms with E-state index in [1.54, 1.807) is 11.3 Å². The number of para-hydroxylation sites is 1. The third-order valence-electron chi connectivity index (χ3n) is 6.70. The minimum atomic E-state index is 0.0683. The number of anilines is 3. The quantitative estimate of drug-likeness (QED) is 0.424. The first-order chi connectivity index (χ1) is 17.5. The standard InChI is InChI=1S/C28H31ClN4OS2/c1-5-30-20-14-13-19(29)17-22(20)31(6-2)25(30)16-15-24-28(34)33(8-4)27(36-24)18-26-32(7-3)21-11-9-10-12-23(21)35-26/h9-18,26H,5-8H2,1-4H3. The molecule has 2 aliphatic heterocycles. The summed E-state index contributed by atoms with van der Waals surface area (Å²) in [7, 11) is 0. The normalized spacial score (nSPS) is 19.1. The number of rotatable bonds is 6. The summed E-state index contributed by atoms with van der Waals surface area (Å²) in [5.41, 5.74) is 3.59. The molecular formula is C28H31ClN4OS2. The number of thiazole rings is 1. The van der Waals surface area contributed by atoms with Crippen LogP contribution in [0.2, 0.25) is 5.02 Å². The van der Waals surface area contributed by atoms with Gasteiger partial charge in [0.1, 0.15) is 11.2 Å². The lowest BCUT2D eigenvalue weighted by molar-refractivity contribution is 0.720. The number of halogens is 1. The highest BCUT2D eigenvalue weighted by Gasteiger charge is 2.29. The molecule has 5 rings (SSSR count). The summed E-state index contributed by atoms with van der Waals surface area (Å²) in [5.74, 6) is 1.07. The van der Waals surface area contributed by atoms with Crippen molar-refractivity contribution in [3.05, 3.63) is 78.9 Å². The summed E-state index contributed by atoms with van der Waals surface area (Å²) < 4.78 is 3.66.